The predicted molar refractivity (Wildman–Crippen MR) is 283 cm³/mol. The highest BCUT2D eigenvalue weighted by molar-refractivity contribution is 5.93. The van der Waals surface area contributed by atoms with Crippen molar-refractivity contribution in [2.45, 2.75) is 13.1 Å². The molecule has 2 aliphatic heterocycles. The van der Waals surface area contributed by atoms with E-state index in [1.54, 1.807) is 18.7 Å². The lowest BCUT2D eigenvalue weighted by Crippen LogP contribution is -2.25. The molecule has 2 amide bonds. The summed E-state index contributed by atoms with van der Waals surface area (Å²) < 4.78 is 23.9. The van der Waals surface area contributed by atoms with Crippen molar-refractivity contribution in [2.24, 2.45) is 7.05 Å². The van der Waals surface area contributed by atoms with Gasteiger partial charge in [0.15, 0.2) is 0 Å². The Bertz CT molecular complexity index is 3680. The molecule has 4 aromatic heterocycles. The maximum atomic E-state index is 12.0. The van der Waals surface area contributed by atoms with Crippen molar-refractivity contribution < 1.29 is 33.6 Å². The molecule has 0 spiro atoms. The van der Waals surface area contributed by atoms with E-state index in [1.807, 2.05) is 97.3 Å². The van der Waals surface area contributed by atoms with Crippen molar-refractivity contribution in [3.05, 3.63) is 157 Å². The molecule has 0 bridgehead atoms. The highest BCUT2D eigenvalue weighted by atomic mass is 16.6. The van der Waals surface area contributed by atoms with Crippen LogP contribution in [0.15, 0.2) is 146 Å². The number of H-pyrrole nitrogens is 1. The van der Waals surface area contributed by atoms with Crippen LogP contribution in [-0.2, 0) is 29.6 Å². The summed E-state index contributed by atoms with van der Waals surface area (Å²) in [6, 6.07) is 45.0. The summed E-state index contributed by atoms with van der Waals surface area (Å²) in [4.78, 5) is 48.7. The number of hydrogen-bond donors (Lipinski definition) is 4. The standard InChI is InChI=1S/C29H27N5O4.C27H23N5O3/c1-36-14-15-38-29(35)33-28-31-24-8-6-20(17-25(24)32-28)19-7-9-27-21(16-19)18-34(12-13-37-27)26-10-11-30-23-5-3-2-4-22(23)26;1-31-24-15-18(6-8-22(24)29-26(31)30-27(33)34)17-7-9-25-19(14-17)16-32(12-13-35-25)23-10-11-28-21-5-3-2-4-20(21)23/h2-11,16-17H,12-15,18H2,1H3,(H2,31,32,33,35);2-11,14-15H,12-13,16H2,1H3,(H,29,30)(H,33,34). The van der Waals surface area contributed by atoms with Gasteiger partial charge in [-0.1, -0.05) is 60.7 Å². The first kappa shape index (κ1) is 46.2. The second-order valence-electron chi connectivity index (χ2n) is 17.6. The number of hydrogen-bond acceptors (Lipinski definition) is 12. The molecule has 0 fully saturated rings. The second-order valence-corrected chi connectivity index (χ2v) is 17.6. The minimum absolute atomic E-state index is 0.170. The number of aryl methyl sites for hydroxylation is 1. The molecule has 17 nitrogen and oxygen atoms in total. The van der Waals surface area contributed by atoms with Crippen LogP contribution >= 0.6 is 0 Å². The van der Waals surface area contributed by atoms with E-state index in [4.69, 9.17) is 24.1 Å². The van der Waals surface area contributed by atoms with Crippen LogP contribution in [0.3, 0.4) is 0 Å². The zero-order valence-electron chi connectivity index (χ0n) is 40.0. The predicted octanol–water partition coefficient (Wildman–Crippen LogP) is 10.6. The molecule has 10 aromatic rings. The smallest absolute Gasteiger partial charge is 0.414 e. The molecule has 0 saturated heterocycles. The summed E-state index contributed by atoms with van der Waals surface area (Å²) in [5.74, 6) is 2.41. The van der Waals surface area contributed by atoms with Crippen LogP contribution in [0.1, 0.15) is 11.1 Å². The van der Waals surface area contributed by atoms with Crippen molar-refractivity contribution >= 4 is 79.3 Å². The lowest BCUT2D eigenvalue weighted by molar-refractivity contribution is 0.107. The van der Waals surface area contributed by atoms with Crippen LogP contribution in [0.25, 0.3) is 66.1 Å². The SMILES string of the molecule is COCCOC(=O)Nc1nc2ccc(-c3ccc4c(c3)CN(c3ccnc5ccccc35)CCO4)cc2[nH]1.Cn1c(NC(=O)O)nc2ccc(-c3ccc4c(c3)CN(c3ccnc5ccccc35)CCO4)cc21. The zero-order chi connectivity index (χ0) is 49.8. The number of carbonyl (C=O) groups excluding carboxylic acids is 1. The summed E-state index contributed by atoms with van der Waals surface area (Å²) in [5, 5.41) is 16.3. The quantitative estimate of drug-likeness (QED) is 0.0999. The maximum absolute atomic E-state index is 12.0. The Morgan fingerprint density at radius 1 is 0.644 bits per heavy atom. The van der Waals surface area contributed by atoms with Gasteiger partial charge < -0.3 is 43.4 Å². The fraction of sp³-hybridized carbons (Fsp3) is 0.179. The van der Waals surface area contributed by atoms with E-state index in [1.165, 1.54) is 0 Å². The molecule has 0 saturated carbocycles. The summed E-state index contributed by atoms with van der Waals surface area (Å²) in [6.45, 7) is 4.71. The van der Waals surface area contributed by atoms with Gasteiger partial charge >= 0.3 is 12.2 Å². The number of para-hydroxylation sites is 2. The van der Waals surface area contributed by atoms with Gasteiger partial charge in [0.2, 0.25) is 11.9 Å². The first-order valence-electron chi connectivity index (χ1n) is 23.8. The third-order valence-electron chi connectivity index (χ3n) is 13.0. The number of carbonyl (C=O) groups is 2. The molecular weight excluding hydrogens is 925 g/mol. The third-order valence-corrected chi connectivity index (χ3v) is 13.0. The Morgan fingerprint density at radius 3 is 1.81 bits per heavy atom. The van der Waals surface area contributed by atoms with Gasteiger partial charge in [0.1, 0.15) is 31.3 Å². The molecule has 12 rings (SSSR count). The van der Waals surface area contributed by atoms with E-state index < -0.39 is 12.2 Å². The largest absolute Gasteiger partial charge is 0.491 e. The molecule has 0 atom stereocenters. The molecule has 73 heavy (non-hydrogen) atoms. The topological polar surface area (TPSA) is 194 Å². The number of imidazole rings is 2. The molecule has 4 N–H and O–H groups in total. The average Bonchev–Trinajstić information content (AvgIpc) is 3.75. The fourth-order valence-electron chi connectivity index (χ4n) is 9.45. The average molecular weight is 975 g/mol. The van der Waals surface area contributed by atoms with Crippen LogP contribution in [0.2, 0.25) is 0 Å². The van der Waals surface area contributed by atoms with E-state index in [0.717, 1.165) is 126 Å². The van der Waals surface area contributed by atoms with Crippen LogP contribution in [-0.4, -0.2) is 93.4 Å². The first-order chi connectivity index (χ1) is 35.7. The van der Waals surface area contributed by atoms with E-state index in [9.17, 15) is 9.59 Å². The van der Waals surface area contributed by atoms with Gasteiger partial charge in [-0.15, -0.1) is 0 Å². The number of benzene rings is 6. The van der Waals surface area contributed by atoms with Crippen LogP contribution < -0.4 is 29.9 Å². The lowest BCUT2D eigenvalue weighted by Gasteiger charge is -2.23. The number of fused-ring (bicyclic) bond motifs is 6. The Kier molecular flexibility index (Phi) is 12.8. The number of aromatic nitrogens is 6. The zero-order valence-corrected chi connectivity index (χ0v) is 40.0. The molecular formula is C56H50N10O7. The molecule has 17 heteroatoms. The fourth-order valence-corrected chi connectivity index (χ4v) is 9.45. The maximum Gasteiger partial charge on any atom is 0.414 e. The van der Waals surface area contributed by atoms with Gasteiger partial charge in [-0.2, -0.15) is 0 Å². The van der Waals surface area contributed by atoms with E-state index in [2.05, 4.69) is 93.9 Å². The van der Waals surface area contributed by atoms with Gasteiger partial charge in [-0.25, -0.2) is 19.6 Å². The summed E-state index contributed by atoms with van der Waals surface area (Å²) in [7, 11) is 3.35. The van der Waals surface area contributed by atoms with Gasteiger partial charge in [0, 0.05) is 72.9 Å². The summed E-state index contributed by atoms with van der Waals surface area (Å²) in [6.07, 6.45) is 2.00. The second kappa shape index (κ2) is 20.2. The van der Waals surface area contributed by atoms with Gasteiger partial charge in [-0.05, 0) is 95.1 Å². The number of anilines is 4. The Balaban J connectivity index is 0.000000158. The number of ether oxygens (including phenoxy) is 4. The molecule has 6 aromatic carbocycles. The highest BCUT2D eigenvalue weighted by Gasteiger charge is 2.21. The number of pyridine rings is 2. The first-order valence-corrected chi connectivity index (χ1v) is 23.8. The van der Waals surface area contributed by atoms with E-state index in [-0.39, 0.29) is 6.61 Å². The monoisotopic (exact) mass is 974 g/mol. The lowest BCUT2D eigenvalue weighted by atomic mass is 10.0. The van der Waals surface area contributed by atoms with Crippen molar-refractivity contribution in [1.82, 2.24) is 29.5 Å². The number of amides is 2. The van der Waals surface area contributed by atoms with Gasteiger partial charge in [-0.3, -0.25) is 20.6 Å². The minimum atomic E-state index is -1.14. The van der Waals surface area contributed by atoms with Crippen LogP contribution in [0, 0.1) is 0 Å². The highest BCUT2D eigenvalue weighted by Crippen LogP contribution is 2.36. The number of rotatable bonds is 9. The van der Waals surface area contributed by atoms with E-state index in [0.29, 0.717) is 31.7 Å². The van der Waals surface area contributed by atoms with E-state index >= 15 is 0 Å². The molecule has 6 heterocycles. The number of nitrogens with one attached hydrogen (secondary N) is 3. The van der Waals surface area contributed by atoms with Gasteiger partial charge in [0.25, 0.3) is 0 Å². The summed E-state index contributed by atoms with van der Waals surface area (Å²) >= 11 is 0. The van der Waals surface area contributed by atoms with Crippen molar-refractivity contribution in [3.63, 3.8) is 0 Å². The molecule has 366 valence electrons. The van der Waals surface area contributed by atoms with Crippen molar-refractivity contribution in [2.75, 3.05) is 67.1 Å². The minimum Gasteiger partial charge on any atom is -0.491 e. The number of nitrogens with zero attached hydrogens (tertiary/aromatic N) is 7. The molecule has 2 aliphatic rings. The molecule has 0 unspecified atom stereocenters. The summed E-state index contributed by atoms with van der Waals surface area (Å²) in [5.41, 5.74) is 13.8. The number of methoxy groups -OCH3 is 1. The molecule has 0 radical (unpaired) electrons. The number of aromatic amines is 1. The third kappa shape index (κ3) is 9.81. The van der Waals surface area contributed by atoms with Gasteiger partial charge in [0.05, 0.1) is 52.8 Å². The Hall–Kier alpha value is -9.22. The van der Waals surface area contributed by atoms with Crippen molar-refractivity contribution in [1.29, 1.82) is 0 Å². The Morgan fingerprint density at radius 2 is 1.21 bits per heavy atom. The van der Waals surface area contributed by atoms with Crippen LogP contribution in [0.5, 0.6) is 11.5 Å². The Labute approximate surface area is 419 Å². The molecule has 0 aliphatic carbocycles. The normalized spacial score (nSPS) is 13.2. The van der Waals surface area contributed by atoms with Crippen molar-refractivity contribution in [3.8, 4) is 33.8 Å². The number of carboxylic acid groups (broad SMARTS) is 1. The van der Waals surface area contributed by atoms with Crippen LogP contribution in [0.4, 0.5) is 32.9 Å².